The first-order chi connectivity index (χ1) is 9.54. The molecule has 2 aromatic rings. The molecule has 5 heteroatoms. The second kappa shape index (κ2) is 5.30. The lowest BCUT2D eigenvalue weighted by Crippen LogP contribution is -2.36. The third-order valence-corrected chi connectivity index (χ3v) is 4.20. The van der Waals surface area contributed by atoms with Crippen LogP contribution in [0.25, 0.3) is 0 Å². The van der Waals surface area contributed by atoms with Gasteiger partial charge in [-0.05, 0) is 44.4 Å². The van der Waals surface area contributed by atoms with Gasteiger partial charge in [-0.1, -0.05) is 33.2 Å². The summed E-state index contributed by atoms with van der Waals surface area (Å²) in [6, 6.07) is 8.33. The Morgan fingerprint density at radius 1 is 1.30 bits per heavy atom. The molecule has 1 aliphatic carbocycles. The first-order valence-electron chi connectivity index (χ1n) is 6.88. The number of hydrogen-bond donors (Lipinski definition) is 1. The average Bonchev–Trinajstić information content (AvgIpc) is 3.16. The molecule has 0 unspecified atom stereocenters. The Bertz CT molecular complexity index is 587. The maximum Gasteiger partial charge on any atom is 0.240 e. The van der Waals surface area contributed by atoms with E-state index >= 15 is 0 Å². The Hall–Kier alpha value is -1.20. The number of halogens is 1. The van der Waals surface area contributed by atoms with E-state index < -0.39 is 0 Å². The fourth-order valence-electron chi connectivity index (χ4n) is 2.11. The van der Waals surface area contributed by atoms with E-state index in [0.29, 0.717) is 18.4 Å². The molecule has 4 nitrogen and oxygen atoms in total. The second-order valence-corrected chi connectivity index (χ2v) is 6.72. The van der Waals surface area contributed by atoms with E-state index in [1.54, 1.807) is 0 Å². The quantitative estimate of drug-likeness (QED) is 0.904. The van der Waals surface area contributed by atoms with Gasteiger partial charge in [-0.2, -0.15) is 4.98 Å². The number of hydrogen-bond acceptors (Lipinski definition) is 4. The van der Waals surface area contributed by atoms with Crippen molar-refractivity contribution in [2.24, 2.45) is 0 Å². The average molecular weight is 336 g/mol. The van der Waals surface area contributed by atoms with E-state index in [0.717, 1.165) is 10.3 Å². The zero-order chi connectivity index (χ0) is 14.2. The lowest BCUT2D eigenvalue weighted by molar-refractivity contribution is 0.325. The second-order valence-electron chi connectivity index (χ2n) is 5.81. The molecule has 20 heavy (non-hydrogen) atoms. The molecule has 0 radical (unpaired) electrons. The van der Waals surface area contributed by atoms with Crippen LogP contribution in [0.4, 0.5) is 0 Å². The number of benzene rings is 1. The molecule has 1 aromatic carbocycles. The van der Waals surface area contributed by atoms with Crippen molar-refractivity contribution in [1.29, 1.82) is 0 Å². The lowest BCUT2D eigenvalue weighted by Gasteiger charge is -2.26. The van der Waals surface area contributed by atoms with Crippen molar-refractivity contribution in [2.45, 2.75) is 44.7 Å². The van der Waals surface area contributed by atoms with Crippen molar-refractivity contribution in [2.75, 3.05) is 0 Å². The molecule has 1 saturated carbocycles. The van der Waals surface area contributed by atoms with Gasteiger partial charge in [-0.3, -0.25) is 5.32 Å². The highest BCUT2D eigenvalue weighted by Gasteiger charge is 2.29. The molecule has 1 N–H and O–H groups in total. The Morgan fingerprint density at radius 3 is 2.65 bits per heavy atom. The maximum atomic E-state index is 5.29. The Kier molecular flexibility index (Phi) is 3.65. The van der Waals surface area contributed by atoms with Crippen LogP contribution in [-0.4, -0.2) is 10.1 Å². The molecular weight excluding hydrogens is 318 g/mol. The molecule has 1 aliphatic rings. The fraction of sp³-hybridized carbons (Fsp3) is 0.467. The van der Waals surface area contributed by atoms with E-state index in [1.807, 2.05) is 0 Å². The molecule has 0 spiro atoms. The van der Waals surface area contributed by atoms with Gasteiger partial charge < -0.3 is 4.52 Å². The maximum absolute atomic E-state index is 5.29. The van der Waals surface area contributed by atoms with Crippen molar-refractivity contribution in [3.8, 4) is 0 Å². The normalized spacial score (nSPS) is 15.6. The van der Waals surface area contributed by atoms with Crippen LogP contribution in [0.2, 0.25) is 0 Å². The largest absolute Gasteiger partial charge is 0.338 e. The van der Waals surface area contributed by atoms with Crippen LogP contribution in [0.3, 0.4) is 0 Å². The topological polar surface area (TPSA) is 51.0 Å². The van der Waals surface area contributed by atoms with Crippen molar-refractivity contribution in [1.82, 2.24) is 15.5 Å². The third-order valence-electron chi connectivity index (χ3n) is 3.67. The SMILES string of the molecule is CC(C)(NCc1nc(C2CC2)no1)c1ccc(Br)cc1. The molecule has 0 amide bonds. The fourth-order valence-corrected chi connectivity index (χ4v) is 2.38. The molecule has 0 saturated heterocycles. The van der Waals surface area contributed by atoms with Crippen LogP contribution in [0, 0.1) is 0 Å². The Morgan fingerprint density at radius 2 is 2.00 bits per heavy atom. The van der Waals surface area contributed by atoms with Gasteiger partial charge in [0, 0.05) is 15.9 Å². The standard InChI is InChI=1S/C15H18BrN3O/c1-15(2,11-5-7-12(16)8-6-11)17-9-13-18-14(19-20-13)10-3-4-10/h5-8,10,17H,3-4,9H2,1-2H3. The Balaban J connectivity index is 1.64. The molecule has 1 heterocycles. The number of nitrogens with zero attached hydrogens (tertiary/aromatic N) is 2. The van der Waals surface area contributed by atoms with Gasteiger partial charge in [0.1, 0.15) is 0 Å². The summed E-state index contributed by atoms with van der Waals surface area (Å²) in [5.74, 6) is 2.06. The van der Waals surface area contributed by atoms with Crippen molar-refractivity contribution < 1.29 is 4.52 Å². The van der Waals surface area contributed by atoms with Crippen LogP contribution >= 0.6 is 15.9 Å². The van der Waals surface area contributed by atoms with Crippen molar-refractivity contribution >= 4 is 15.9 Å². The predicted octanol–water partition coefficient (Wildman–Crippen LogP) is 3.73. The molecule has 3 rings (SSSR count). The first kappa shape index (κ1) is 13.8. The lowest BCUT2D eigenvalue weighted by atomic mass is 9.94. The highest BCUT2D eigenvalue weighted by molar-refractivity contribution is 9.10. The number of aromatic nitrogens is 2. The van der Waals surface area contributed by atoms with E-state index in [1.165, 1.54) is 18.4 Å². The zero-order valence-electron chi connectivity index (χ0n) is 11.7. The van der Waals surface area contributed by atoms with Crippen LogP contribution < -0.4 is 5.32 Å². The summed E-state index contributed by atoms with van der Waals surface area (Å²) in [6.07, 6.45) is 2.38. The summed E-state index contributed by atoms with van der Waals surface area (Å²) in [5.41, 5.74) is 1.08. The van der Waals surface area contributed by atoms with Gasteiger partial charge in [-0.15, -0.1) is 0 Å². The van der Waals surface area contributed by atoms with Crippen LogP contribution in [-0.2, 0) is 12.1 Å². The van der Waals surface area contributed by atoms with Gasteiger partial charge in [0.05, 0.1) is 6.54 Å². The molecule has 0 bridgehead atoms. The predicted molar refractivity (Wildman–Crippen MR) is 80.3 cm³/mol. The number of rotatable bonds is 5. The van der Waals surface area contributed by atoms with Crippen LogP contribution in [0.1, 0.15) is 49.9 Å². The van der Waals surface area contributed by atoms with Crippen LogP contribution in [0.15, 0.2) is 33.3 Å². The minimum absolute atomic E-state index is 0.144. The minimum Gasteiger partial charge on any atom is -0.338 e. The summed E-state index contributed by atoms with van der Waals surface area (Å²) < 4.78 is 6.37. The zero-order valence-corrected chi connectivity index (χ0v) is 13.3. The summed E-state index contributed by atoms with van der Waals surface area (Å²) in [7, 11) is 0. The van der Waals surface area contributed by atoms with Gasteiger partial charge in [0.2, 0.25) is 5.89 Å². The highest BCUT2D eigenvalue weighted by atomic mass is 79.9. The van der Waals surface area contributed by atoms with E-state index in [9.17, 15) is 0 Å². The van der Waals surface area contributed by atoms with Gasteiger partial charge in [-0.25, -0.2) is 0 Å². The molecule has 0 aliphatic heterocycles. The molecule has 1 fully saturated rings. The van der Waals surface area contributed by atoms with Gasteiger partial charge >= 0.3 is 0 Å². The van der Waals surface area contributed by atoms with Gasteiger partial charge in [0.25, 0.3) is 0 Å². The van der Waals surface area contributed by atoms with Crippen molar-refractivity contribution in [3.05, 3.63) is 46.0 Å². The van der Waals surface area contributed by atoms with Gasteiger partial charge in [0.15, 0.2) is 5.82 Å². The monoisotopic (exact) mass is 335 g/mol. The van der Waals surface area contributed by atoms with Crippen molar-refractivity contribution in [3.63, 3.8) is 0 Å². The third kappa shape index (κ3) is 3.10. The van der Waals surface area contributed by atoms with E-state index in [2.05, 4.69) is 69.5 Å². The number of nitrogens with one attached hydrogen (secondary N) is 1. The summed E-state index contributed by atoms with van der Waals surface area (Å²) >= 11 is 3.46. The molecule has 106 valence electrons. The molecular formula is C15H18BrN3O. The van der Waals surface area contributed by atoms with E-state index in [4.69, 9.17) is 4.52 Å². The minimum atomic E-state index is -0.144. The Labute approximate surface area is 127 Å². The molecule has 0 atom stereocenters. The smallest absolute Gasteiger partial charge is 0.240 e. The van der Waals surface area contributed by atoms with Crippen LogP contribution in [0.5, 0.6) is 0 Å². The highest BCUT2D eigenvalue weighted by Crippen LogP contribution is 2.38. The summed E-state index contributed by atoms with van der Waals surface area (Å²) in [4.78, 5) is 4.44. The summed E-state index contributed by atoms with van der Waals surface area (Å²) in [5, 5.41) is 7.50. The van der Waals surface area contributed by atoms with E-state index in [-0.39, 0.29) is 5.54 Å². The molecule has 1 aromatic heterocycles. The first-order valence-corrected chi connectivity index (χ1v) is 7.67. The summed E-state index contributed by atoms with van der Waals surface area (Å²) in [6.45, 7) is 4.88.